The standard InChI is InChI=1S/C12H16N2O6S/c1-6(2)10(11(13)16)14-21(19,20)7-3-4-9(15)8(5-7)12(17)18/h3-6,10,14-15H,1-2H3,(H2,13,16)(H,17,18). The number of aromatic carboxylic acids is 1. The summed E-state index contributed by atoms with van der Waals surface area (Å²) in [7, 11) is -4.15. The molecule has 0 aliphatic rings. The normalized spacial score (nSPS) is 13.1. The van der Waals surface area contributed by atoms with E-state index in [4.69, 9.17) is 10.8 Å². The number of nitrogens with two attached hydrogens (primary N) is 1. The van der Waals surface area contributed by atoms with Crippen molar-refractivity contribution in [2.45, 2.75) is 24.8 Å². The van der Waals surface area contributed by atoms with E-state index in [1.807, 2.05) is 0 Å². The Bertz CT molecular complexity index is 668. The van der Waals surface area contributed by atoms with Gasteiger partial charge in [-0.1, -0.05) is 13.8 Å². The van der Waals surface area contributed by atoms with Crippen LogP contribution in [-0.4, -0.2) is 36.5 Å². The van der Waals surface area contributed by atoms with Crippen LogP contribution in [0.2, 0.25) is 0 Å². The molecule has 0 heterocycles. The predicted molar refractivity (Wildman–Crippen MR) is 73.2 cm³/mol. The average Bonchev–Trinajstić information content (AvgIpc) is 2.35. The van der Waals surface area contributed by atoms with E-state index < -0.39 is 39.3 Å². The van der Waals surface area contributed by atoms with Gasteiger partial charge in [-0.25, -0.2) is 13.2 Å². The van der Waals surface area contributed by atoms with E-state index in [0.717, 1.165) is 18.2 Å². The Labute approximate surface area is 121 Å². The fourth-order valence-corrected chi connectivity index (χ4v) is 2.99. The summed E-state index contributed by atoms with van der Waals surface area (Å²) in [6.07, 6.45) is 0. The van der Waals surface area contributed by atoms with Crippen LogP contribution in [0.25, 0.3) is 0 Å². The molecule has 116 valence electrons. The number of rotatable bonds is 6. The van der Waals surface area contributed by atoms with E-state index >= 15 is 0 Å². The summed E-state index contributed by atoms with van der Waals surface area (Å²) in [6.45, 7) is 3.22. The molecule has 0 saturated heterocycles. The van der Waals surface area contributed by atoms with Gasteiger partial charge in [0.15, 0.2) is 0 Å². The van der Waals surface area contributed by atoms with E-state index in [1.54, 1.807) is 13.8 Å². The molecule has 0 bridgehead atoms. The van der Waals surface area contributed by atoms with Gasteiger partial charge < -0.3 is 15.9 Å². The van der Waals surface area contributed by atoms with Crippen molar-refractivity contribution in [3.05, 3.63) is 23.8 Å². The van der Waals surface area contributed by atoms with Crippen molar-refractivity contribution in [1.29, 1.82) is 0 Å². The van der Waals surface area contributed by atoms with Gasteiger partial charge in [0.25, 0.3) is 0 Å². The second-order valence-corrected chi connectivity index (χ2v) is 6.44. The van der Waals surface area contributed by atoms with Gasteiger partial charge in [-0.05, 0) is 24.1 Å². The Kier molecular flexibility index (Phi) is 4.92. The highest BCUT2D eigenvalue weighted by atomic mass is 32.2. The van der Waals surface area contributed by atoms with Crippen molar-refractivity contribution in [2.24, 2.45) is 11.7 Å². The largest absolute Gasteiger partial charge is 0.507 e. The first-order valence-electron chi connectivity index (χ1n) is 5.94. The Morgan fingerprint density at radius 1 is 1.29 bits per heavy atom. The zero-order valence-electron chi connectivity index (χ0n) is 11.4. The van der Waals surface area contributed by atoms with Crippen molar-refractivity contribution in [1.82, 2.24) is 4.72 Å². The maximum absolute atomic E-state index is 12.1. The smallest absolute Gasteiger partial charge is 0.339 e. The lowest BCUT2D eigenvalue weighted by atomic mass is 10.1. The number of nitrogens with one attached hydrogen (secondary N) is 1. The van der Waals surface area contributed by atoms with Crippen LogP contribution in [-0.2, 0) is 14.8 Å². The summed E-state index contributed by atoms with van der Waals surface area (Å²) in [5.74, 6) is -3.25. The summed E-state index contributed by atoms with van der Waals surface area (Å²) in [5, 5.41) is 18.2. The monoisotopic (exact) mass is 316 g/mol. The van der Waals surface area contributed by atoms with E-state index in [2.05, 4.69) is 4.72 Å². The van der Waals surface area contributed by atoms with E-state index in [-0.39, 0.29) is 10.8 Å². The first-order valence-corrected chi connectivity index (χ1v) is 7.42. The molecule has 0 aliphatic heterocycles. The number of hydrogen-bond donors (Lipinski definition) is 4. The molecule has 1 unspecified atom stereocenters. The highest BCUT2D eigenvalue weighted by Gasteiger charge is 2.27. The van der Waals surface area contributed by atoms with E-state index in [0.29, 0.717) is 0 Å². The third-order valence-corrected chi connectivity index (χ3v) is 4.20. The molecule has 0 spiro atoms. The summed E-state index contributed by atoms with van der Waals surface area (Å²) < 4.78 is 26.4. The molecule has 1 aromatic carbocycles. The lowest BCUT2D eigenvalue weighted by Gasteiger charge is -2.19. The number of carbonyl (C=O) groups excluding carboxylic acids is 1. The van der Waals surface area contributed by atoms with E-state index in [1.165, 1.54) is 0 Å². The van der Waals surface area contributed by atoms with Crippen LogP contribution in [0.1, 0.15) is 24.2 Å². The summed E-state index contributed by atoms with van der Waals surface area (Å²) in [4.78, 5) is 21.7. The maximum Gasteiger partial charge on any atom is 0.339 e. The molecule has 0 saturated carbocycles. The first kappa shape index (κ1) is 16.9. The van der Waals surface area contributed by atoms with Crippen molar-refractivity contribution >= 4 is 21.9 Å². The lowest BCUT2D eigenvalue weighted by molar-refractivity contribution is -0.120. The van der Waals surface area contributed by atoms with Gasteiger partial charge >= 0.3 is 5.97 Å². The molecule has 9 heteroatoms. The number of aromatic hydroxyl groups is 1. The van der Waals surface area contributed by atoms with Gasteiger partial charge in [-0.2, -0.15) is 4.72 Å². The summed E-state index contributed by atoms with van der Waals surface area (Å²) in [5.41, 5.74) is 4.57. The molecule has 0 radical (unpaired) electrons. The van der Waals surface area contributed by atoms with Crippen LogP contribution >= 0.6 is 0 Å². The minimum absolute atomic E-state index is 0.381. The molecule has 1 atom stereocenters. The molecule has 1 amide bonds. The van der Waals surface area contributed by atoms with Gasteiger partial charge in [0.05, 0.1) is 4.90 Å². The minimum Gasteiger partial charge on any atom is -0.507 e. The topological polar surface area (TPSA) is 147 Å². The third kappa shape index (κ3) is 3.92. The summed E-state index contributed by atoms with van der Waals surface area (Å²) in [6, 6.07) is 1.66. The number of benzene rings is 1. The molecular formula is C12H16N2O6S. The number of hydrogen-bond acceptors (Lipinski definition) is 5. The number of carboxylic acid groups (broad SMARTS) is 1. The van der Waals surface area contributed by atoms with Gasteiger partial charge in [0.2, 0.25) is 15.9 Å². The van der Waals surface area contributed by atoms with Crippen LogP contribution in [0.15, 0.2) is 23.1 Å². The number of primary amides is 1. The second-order valence-electron chi connectivity index (χ2n) is 4.73. The van der Waals surface area contributed by atoms with E-state index in [9.17, 15) is 23.1 Å². The van der Waals surface area contributed by atoms with Gasteiger partial charge in [-0.15, -0.1) is 0 Å². The van der Waals surface area contributed by atoms with Crippen molar-refractivity contribution < 1.29 is 28.2 Å². The zero-order chi connectivity index (χ0) is 16.4. The quantitative estimate of drug-likeness (QED) is 0.575. The number of phenols is 1. The number of amides is 1. The second kappa shape index (κ2) is 6.10. The number of carbonyl (C=O) groups is 2. The molecule has 0 aliphatic carbocycles. The molecule has 5 N–H and O–H groups in total. The Morgan fingerprint density at radius 3 is 2.29 bits per heavy atom. The maximum atomic E-state index is 12.1. The Balaban J connectivity index is 3.22. The van der Waals surface area contributed by atoms with Crippen molar-refractivity contribution in [2.75, 3.05) is 0 Å². The van der Waals surface area contributed by atoms with Crippen molar-refractivity contribution in [3.8, 4) is 5.75 Å². The number of sulfonamides is 1. The molecule has 1 aromatic rings. The Morgan fingerprint density at radius 2 is 1.86 bits per heavy atom. The van der Waals surface area contributed by atoms with Crippen LogP contribution in [0, 0.1) is 5.92 Å². The molecule has 0 aromatic heterocycles. The summed E-state index contributed by atoms with van der Waals surface area (Å²) >= 11 is 0. The molecule has 8 nitrogen and oxygen atoms in total. The highest BCUT2D eigenvalue weighted by molar-refractivity contribution is 7.89. The minimum atomic E-state index is -4.15. The molecule has 21 heavy (non-hydrogen) atoms. The highest BCUT2D eigenvalue weighted by Crippen LogP contribution is 2.21. The van der Waals surface area contributed by atoms with Gasteiger partial charge in [0.1, 0.15) is 17.4 Å². The van der Waals surface area contributed by atoms with Crippen LogP contribution in [0.3, 0.4) is 0 Å². The molecular weight excluding hydrogens is 300 g/mol. The first-order chi connectivity index (χ1) is 9.56. The molecule has 0 fully saturated rings. The van der Waals surface area contributed by atoms with Crippen LogP contribution in [0.4, 0.5) is 0 Å². The third-order valence-electron chi connectivity index (χ3n) is 2.76. The van der Waals surface area contributed by atoms with Gasteiger partial charge in [0, 0.05) is 0 Å². The fourth-order valence-electron chi connectivity index (χ4n) is 1.61. The van der Waals surface area contributed by atoms with Crippen LogP contribution in [0.5, 0.6) is 5.75 Å². The predicted octanol–water partition coefficient (Wildman–Crippen LogP) is -0.121. The lowest BCUT2D eigenvalue weighted by Crippen LogP contribution is -2.47. The molecule has 1 rings (SSSR count). The van der Waals surface area contributed by atoms with Crippen molar-refractivity contribution in [3.63, 3.8) is 0 Å². The number of carboxylic acids is 1. The van der Waals surface area contributed by atoms with Crippen LogP contribution < -0.4 is 10.5 Å². The zero-order valence-corrected chi connectivity index (χ0v) is 12.2. The Hall–Kier alpha value is -2.13. The van der Waals surface area contributed by atoms with Gasteiger partial charge in [-0.3, -0.25) is 4.79 Å². The SMILES string of the molecule is CC(C)C(NS(=O)(=O)c1ccc(O)c(C(=O)O)c1)C(N)=O. The average molecular weight is 316 g/mol. The fraction of sp³-hybridized carbons (Fsp3) is 0.333.